The average Bonchev–Trinajstić information content (AvgIpc) is 3.72. The SMILES string of the molecule is Cc1ccc(-n2c3ccccc3c3ccccc32)cc1-c1ccccc1Cc1ccccc1-c1ccc2c(c1)c1c(n2-c2ccccc2)CCC=C1. The minimum absolute atomic E-state index is 0.840. The van der Waals surface area contributed by atoms with E-state index in [1.165, 1.54) is 94.3 Å². The Morgan fingerprint density at radius 2 is 1.12 bits per heavy atom. The molecule has 9 aromatic rings. The zero-order chi connectivity index (χ0) is 34.6. The molecule has 0 amide bonds. The van der Waals surface area contributed by atoms with Crippen molar-refractivity contribution in [3.63, 3.8) is 0 Å². The smallest absolute Gasteiger partial charge is 0.0541 e. The van der Waals surface area contributed by atoms with Gasteiger partial charge >= 0.3 is 0 Å². The fraction of sp³-hybridized carbons (Fsp3) is 0.0800. The Kier molecular flexibility index (Phi) is 7.28. The molecule has 7 aromatic carbocycles. The normalized spacial score (nSPS) is 12.6. The van der Waals surface area contributed by atoms with Crippen LogP contribution in [0.2, 0.25) is 0 Å². The molecule has 52 heavy (non-hydrogen) atoms. The Hall–Kier alpha value is -6.38. The van der Waals surface area contributed by atoms with Crippen LogP contribution in [-0.4, -0.2) is 9.13 Å². The molecular weight excluding hydrogens is 629 g/mol. The fourth-order valence-electron chi connectivity index (χ4n) is 8.60. The van der Waals surface area contributed by atoms with Crippen molar-refractivity contribution in [2.24, 2.45) is 0 Å². The molecule has 0 saturated carbocycles. The number of para-hydroxylation sites is 3. The Morgan fingerprint density at radius 3 is 1.88 bits per heavy atom. The van der Waals surface area contributed by atoms with E-state index in [1.54, 1.807) is 0 Å². The van der Waals surface area contributed by atoms with Crippen molar-refractivity contribution >= 4 is 38.8 Å². The minimum atomic E-state index is 0.840. The number of rotatable bonds is 6. The molecule has 0 saturated heterocycles. The summed E-state index contributed by atoms with van der Waals surface area (Å²) < 4.78 is 4.89. The van der Waals surface area contributed by atoms with Gasteiger partial charge in [0.1, 0.15) is 0 Å². The molecule has 0 bridgehead atoms. The van der Waals surface area contributed by atoms with Gasteiger partial charge in [-0.15, -0.1) is 0 Å². The van der Waals surface area contributed by atoms with Crippen LogP contribution in [0.5, 0.6) is 0 Å². The van der Waals surface area contributed by atoms with E-state index in [2.05, 4.69) is 192 Å². The summed E-state index contributed by atoms with van der Waals surface area (Å²) >= 11 is 0. The van der Waals surface area contributed by atoms with Crippen LogP contribution in [0.3, 0.4) is 0 Å². The van der Waals surface area contributed by atoms with Gasteiger partial charge in [-0.2, -0.15) is 0 Å². The van der Waals surface area contributed by atoms with E-state index in [0.717, 1.165) is 19.3 Å². The third kappa shape index (κ3) is 4.94. The highest BCUT2D eigenvalue weighted by molar-refractivity contribution is 6.09. The van der Waals surface area contributed by atoms with Crippen molar-refractivity contribution in [3.8, 4) is 33.6 Å². The standard InChI is InChI=1S/C50H38N2/c1-34-27-29-39(52-47-24-12-9-21-42(47)43-22-10-13-25-48(43)52)33-45(34)41-20-8-6-16-36(41)31-35-15-5-7-19-40(35)37-28-30-50-46(32-37)44-23-11-14-26-49(44)51(50)38-17-3-2-4-18-38/h2-13,15-25,27-30,32-33H,14,26,31H2,1H3. The first kappa shape index (κ1) is 30.4. The molecule has 10 rings (SSSR count). The summed E-state index contributed by atoms with van der Waals surface area (Å²) in [5.74, 6) is 0. The van der Waals surface area contributed by atoms with Crippen molar-refractivity contribution in [2.45, 2.75) is 26.2 Å². The number of nitrogens with zero attached hydrogens (tertiary/aromatic N) is 2. The minimum Gasteiger partial charge on any atom is -0.313 e. The van der Waals surface area contributed by atoms with Gasteiger partial charge in [0, 0.05) is 38.8 Å². The lowest BCUT2D eigenvalue weighted by atomic mass is 9.89. The number of aryl methyl sites for hydroxylation is 1. The molecule has 0 unspecified atom stereocenters. The topological polar surface area (TPSA) is 9.86 Å². The van der Waals surface area contributed by atoms with Crippen LogP contribution >= 0.6 is 0 Å². The van der Waals surface area contributed by atoms with Gasteiger partial charge in [0.2, 0.25) is 0 Å². The van der Waals surface area contributed by atoms with Gasteiger partial charge in [-0.25, -0.2) is 0 Å². The summed E-state index contributed by atoms with van der Waals surface area (Å²) in [5.41, 5.74) is 17.9. The lowest BCUT2D eigenvalue weighted by Crippen LogP contribution is -2.02. The van der Waals surface area contributed by atoms with Crippen molar-refractivity contribution in [2.75, 3.05) is 0 Å². The predicted molar refractivity (Wildman–Crippen MR) is 220 cm³/mol. The van der Waals surface area contributed by atoms with Gasteiger partial charge in [0.25, 0.3) is 0 Å². The molecule has 2 heterocycles. The summed E-state index contributed by atoms with van der Waals surface area (Å²) in [4.78, 5) is 0. The second kappa shape index (κ2) is 12.4. The fourth-order valence-corrected chi connectivity index (χ4v) is 8.60. The first-order valence-electron chi connectivity index (χ1n) is 18.4. The van der Waals surface area contributed by atoms with Gasteiger partial charge in [-0.3, -0.25) is 0 Å². The largest absolute Gasteiger partial charge is 0.313 e. The number of allylic oxidation sites excluding steroid dienone is 1. The maximum Gasteiger partial charge on any atom is 0.0541 e. The summed E-state index contributed by atoms with van der Waals surface area (Å²) in [6, 6.07) is 60.3. The van der Waals surface area contributed by atoms with Crippen LogP contribution < -0.4 is 0 Å². The lowest BCUT2D eigenvalue weighted by molar-refractivity contribution is 0.888. The maximum atomic E-state index is 2.47. The number of benzene rings is 7. The van der Waals surface area contributed by atoms with Crippen molar-refractivity contribution in [1.82, 2.24) is 9.13 Å². The highest BCUT2D eigenvalue weighted by Crippen LogP contribution is 2.39. The van der Waals surface area contributed by atoms with Gasteiger partial charge in [0.05, 0.1) is 16.6 Å². The molecule has 1 aliphatic carbocycles. The zero-order valence-corrected chi connectivity index (χ0v) is 29.3. The van der Waals surface area contributed by atoms with Crippen LogP contribution in [0.1, 0.15) is 34.4 Å². The van der Waals surface area contributed by atoms with Gasteiger partial charge in [-0.1, -0.05) is 127 Å². The molecule has 2 aromatic heterocycles. The third-order valence-electron chi connectivity index (χ3n) is 11.0. The van der Waals surface area contributed by atoms with Crippen LogP contribution in [-0.2, 0) is 12.8 Å². The molecular formula is C50H38N2. The zero-order valence-electron chi connectivity index (χ0n) is 29.3. The molecule has 2 heteroatoms. The van der Waals surface area contributed by atoms with Crippen molar-refractivity contribution in [1.29, 1.82) is 0 Å². The first-order valence-corrected chi connectivity index (χ1v) is 18.4. The molecule has 0 aliphatic heterocycles. The number of fused-ring (bicyclic) bond motifs is 6. The summed E-state index contributed by atoms with van der Waals surface area (Å²) in [7, 11) is 0. The number of hydrogen-bond donors (Lipinski definition) is 0. The van der Waals surface area contributed by atoms with E-state index in [0.29, 0.717) is 0 Å². The van der Waals surface area contributed by atoms with Crippen molar-refractivity contribution in [3.05, 3.63) is 198 Å². The van der Waals surface area contributed by atoms with Gasteiger partial charge in [0.15, 0.2) is 0 Å². The second-order valence-corrected chi connectivity index (χ2v) is 14.1. The monoisotopic (exact) mass is 666 g/mol. The molecule has 0 N–H and O–H groups in total. The molecule has 1 aliphatic rings. The summed E-state index contributed by atoms with van der Waals surface area (Å²) in [6.07, 6.45) is 7.63. The second-order valence-electron chi connectivity index (χ2n) is 14.1. The summed E-state index contributed by atoms with van der Waals surface area (Å²) in [5, 5.41) is 3.88. The van der Waals surface area contributed by atoms with E-state index in [9.17, 15) is 0 Å². The third-order valence-corrected chi connectivity index (χ3v) is 11.0. The van der Waals surface area contributed by atoms with Gasteiger partial charge in [-0.05, 0) is 114 Å². The quantitative estimate of drug-likeness (QED) is 0.167. The van der Waals surface area contributed by atoms with E-state index < -0.39 is 0 Å². The lowest BCUT2D eigenvalue weighted by Gasteiger charge is -2.17. The van der Waals surface area contributed by atoms with E-state index in [4.69, 9.17) is 0 Å². The highest BCUT2D eigenvalue weighted by Gasteiger charge is 2.20. The van der Waals surface area contributed by atoms with E-state index >= 15 is 0 Å². The Balaban J connectivity index is 1.07. The van der Waals surface area contributed by atoms with E-state index in [-0.39, 0.29) is 0 Å². The van der Waals surface area contributed by atoms with Crippen molar-refractivity contribution < 1.29 is 0 Å². The molecule has 0 fully saturated rings. The van der Waals surface area contributed by atoms with E-state index in [1.807, 2.05) is 0 Å². The molecule has 0 atom stereocenters. The average molecular weight is 667 g/mol. The van der Waals surface area contributed by atoms with Gasteiger partial charge < -0.3 is 9.13 Å². The predicted octanol–water partition coefficient (Wildman–Crippen LogP) is 12.9. The number of hydrogen-bond acceptors (Lipinski definition) is 0. The van der Waals surface area contributed by atoms with Crippen LogP contribution in [0.15, 0.2) is 170 Å². The molecule has 0 spiro atoms. The first-order chi connectivity index (χ1) is 25.7. The summed E-state index contributed by atoms with van der Waals surface area (Å²) in [6.45, 7) is 2.24. The molecule has 248 valence electrons. The Labute approximate surface area is 304 Å². The Morgan fingerprint density at radius 1 is 0.481 bits per heavy atom. The van der Waals surface area contributed by atoms with Crippen LogP contribution in [0.4, 0.5) is 0 Å². The maximum absolute atomic E-state index is 2.47. The number of aromatic nitrogens is 2. The molecule has 0 radical (unpaired) electrons. The van der Waals surface area contributed by atoms with Crippen LogP contribution in [0, 0.1) is 6.92 Å². The van der Waals surface area contributed by atoms with Crippen LogP contribution in [0.25, 0.3) is 72.4 Å². The molecule has 2 nitrogen and oxygen atoms in total. The Bertz CT molecular complexity index is 2770. The highest BCUT2D eigenvalue weighted by atomic mass is 15.0.